The molecule has 1 aromatic carbocycles. The summed E-state index contributed by atoms with van der Waals surface area (Å²) in [5.74, 6) is -1.39. The Morgan fingerprint density at radius 1 is 1.48 bits per heavy atom. The number of carboxylic acid groups (broad SMARTS) is 1. The summed E-state index contributed by atoms with van der Waals surface area (Å²) in [6.45, 7) is 0.0202. The Bertz CT molecular complexity index is 670. The van der Waals surface area contributed by atoms with Crippen LogP contribution in [-0.2, 0) is 11.3 Å². The number of benzene rings is 1. The average Bonchev–Trinajstić information content (AvgIpc) is 2.93. The van der Waals surface area contributed by atoms with Crippen molar-refractivity contribution in [1.82, 2.24) is 9.78 Å². The van der Waals surface area contributed by atoms with E-state index in [1.807, 2.05) is 0 Å². The minimum atomic E-state index is -1.16. The zero-order valence-electron chi connectivity index (χ0n) is 11.0. The van der Waals surface area contributed by atoms with E-state index < -0.39 is 5.97 Å². The SMILES string of the molecule is COc1cc(NC(=O)Cn2cccn2)c(Cl)cc1C(=O)O. The molecule has 0 aliphatic rings. The van der Waals surface area contributed by atoms with Gasteiger partial charge in [-0.05, 0) is 12.1 Å². The number of carbonyl (C=O) groups excluding carboxylic acids is 1. The number of anilines is 1. The number of methoxy groups -OCH3 is 1. The summed E-state index contributed by atoms with van der Waals surface area (Å²) in [6.07, 6.45) is 3.21. The molecular formula is C13H12ClN3O4. The van der Waals surface area contributed by atoms with Gasteiger partial charge in [-0.25, -0.2) is 4.79 Å². The van der Waals surface area contributed by atoms with E-state index in [1.165, 1.54) is 23.9 Å². The van der Waals surface area contributed by atoms with Gasteiger partial charge in [0.15, 0.2) is 0 Å². The van der Waals surface area contributed by atoms with Gasteiger partial charge in [0.05, 0.1) is 17.8 Å². The Hall–Kier alpha value is -2.54. The highest BCUT2D eigenvalue weighted by molar-refractivity contribution is 6.34. The van der Waals surface area contributed by atoms with Crippen molar-refractivity contribution < 1.29 is 19.4 Å². The van der Waals surface area contributed by atoms with E-state index in [1.54, 1.807) is 18.5 Å². The van der Waals surface area contributed by atoms with Crippen molar-refractivity contribution in [1.29, 1.82) is 0 Å². The van der Waals surface area contributed by atoms with Crippen LogP contribution < -0.4 is 10.1 Å². The van der Waals surface area contributed by atoms with Crippen molar-refractivity contribution in [3.8, 4) is 5.75 Å². The molecule has 7 nitrogen and oxygen atoms in total. The number of nitrogens with zero attached hydrogens (tertiary/aromatic N) is 2. The van der Waals surface area contributed by atoms with Crippen LogP contribution in [0.5, 0.6) is 5.75 Å². The number of rotatable bonds is 5. The fourth-order valence-electron chi connectivity index (χ4n) is 1.72. The zero-order valence-corrected chi connectivity index (χ0v) is 11.8. The number of nitrogens with one attached hydrogen (secondary N) is 1. The molecule has 0 saturated heterocycles. The standard InChI is InChI=1S/C13H12ClN3O4/c1-21-11-6-10(9(14)5-8(11)13(19)20)16-12(18)7-17-4-2-3-15-17/h2-6H,7H2,1H3,(H,16,18)(H,19,20). The van der Waals surface area contributed by atoms with Crippen LogP contribution in [0.4, 0.5) is 5.69 Å². The second kappa shape index (κ2) is 6.27. The van der Waals surface area contributed by atoms with Crippen molar-refractivity contribution in [3.05, 3.63) is 41.2 Å². The molecule has 8 heteroatoms. The van der Waals surface area contributed by atoms with Crippen molar-refractivity contribution in [2.24, 2.45) is 0 Å². The van der Waals surface area contributed by atoms with Gasteiger partial charge >= 0.3 is 5.97 Å². The van der Waals surface area contributed by atoms with Crippen LogP contribution in [0, 0.1) is 0 Å². The minimum absolute atomic E-state index is 0.0202. The molecule has 0 radical (unpaired) electrons. The summed E-state index contributed by atoms with van der Waals surface area (Å²) in [5, 5.41) is 15.6. The van der Waals surface area contributed by atoms with E-state index in [9.17, 15) is 9.59 Å². The monoisotopic (exact) mass is 309 g/mol. The lowest BCUT2D eigenvalue weighted by Gasteiger charge is -2.11. The number of carboxylic acids is 1. The number of carbonyl (C=O) groups is 2. The molecule has 1 aromatic heterocycles. The van der Waals surface area contributed by atoms with E-state index in [-0.39, 0.29) is 34.5 Å². The van der Waals surface area contributed by atoms with E-state index in [0.717, 1.165) is 0 Å². The van der Waals surface area contributed by atoms with E-state index in [0.29, 0.717) is 0 Å². The van der Waals surface area contributed by atoms with E-state index >= 15 is 0 Å². The molecule has 1 amide bonds. The highest BCUT2D eigenvalue weighted by Crippen LogP contribution is 2.31. The van der Waals surface area contributed by atoms with Crippen LogP contribution >= 0.6 is 11.6 Å². The number of amides is 1. The summed E-state index contributed by atoms with van der Waals surface area (Å²) in [6, 6.07) is 4.30. The Kier molecular flexibility index (Phi) is 4.44. The lowest BCUT2D eigenvalue weighted by atomic mass is 10.1. The first kappa shape index (κ1) is 14.9. The first-order valence-electron chi connectivity index (χ1n) is 5.89. The van der Waals surface area contributed by atoms with E-state index in [2.05, 4.69) is 10.4 Å². The third kappa shape index (κ3) is 3.51. The molecule has 0 unspecified atom stereocenters. The number of ether oxygens (including phenoxy) is 1. The topological polar surface area (TPSA) is 93.5 Å². The largest absolute Gasteiger partial charge is 0.496 e. The smallest absolute Gasteiger partial charge is 0.339 e. The number of hydrogen-bond donors (Lipinski definition) is 2. The summed E-state index contributed by atoms with van der Waals surface area (Å²) < 4.78 is 6.43. The second-order valence-electron chi connectivity index (χ2n) is 4.09. The third-order valence-corrected chi connectivity index (χ3v) is 2.97. The molecule has 0 bridgehead atoms. The lowest BCUT2D eigenvalue weighted by Crippen LogP contribution is -2.19. The van der Waals surface area contributed by atoms with Crippen LogP contribution in [0.2, 0.25) is 5.02 Å². The third-order valence-electron chi connectivity index (χ3n) is 2.66. The highest BCUT2D eigenvalue weighted by atomic mass is 35.5. The normalized spacial score (nSPS) is 10.2. The van der Waals surface area contributed by atoms with Gasteiger partial charge in [0.1, 0.15) is 17.9 Å². The average molecular weight is 310 g/mol. The fraction of sp³-hybridized carbons (Fsp3) is 0.154. The fourth-order valence-corrected chi connectivity index (χ4v) is 1.93. The van der Waals surface area contributed by atoms with Gasteiger partial charge in [-0.1, -0.05) is 11.6 Å². The molecule has 0 aliphatic heterocycles. The van der Waals surface area contributed by atoms with Crippen molar-refractivity contribution in [2.45, 2.75) is 6.54 Å². The van der Waals surface area contributed by atoms with E-state index in [4.69, 9.17) is 21.4 Å². The van der Waals surface area contributed by atoms with Gasteiger partial charge in [0.25, 0.3) is 0 Å². The van der Waals surface area contributed by atoms with Crippen molar-refractivity contribution in [3.63, 3.8) is 0 Å². The Labute approximate surface area is 125 Å². The Morgan fingerprint density at radius 2 is 2.24 bits per heavy atom. The number of hydrogen-bond acceptors (Lipinski definition) is 4. The molecular weight excluding hydrogens is 298 g/mol. The van der Waals surface area contributed by atoms with Crippen LogP contribution in [0.1, 0.15) is 10.4 Å². The number of halogens is 1. The number of aromatic carboxylic acids is 1. The first-order valence-corrected chi connectivity index (χ1v) is 6.27. The predicted molar refractivity (Wildman–Crippen MR) is 75.8 cm³/mol. The maximum absolute atomic E-state index is 11.9. The quantitative estimate of drug-likeness (QED) is 0.879. The van der Waals surface area contributed by atoms with Gasteiger partial charge in [0.2, 0.25) is 5.91 Å². The van der Waals surface area contributed by atoms with Crippen LogP contribution in [0.15, 0.2) is 30.6 Å². The summed E-state index contributed by atoms with van der Waals surface area (Å²) in [5.41, 5.74) is 0.197. The molecule has 2 rings (SSSR count). The van der Waals surface area contributed by atoms with Gasteiger partial charge in [0, 0.05) is 18.5 Å². The van der Waals surface area contributed by atoms with Gasteiger partial charge in [-0.15, -0.1) is 0 Å². The molecule has 0 spiro atoms. The number of aromatic nitrogens is 2. The first-order chi connectivity index (χ1) is 10.0. The predicted octanol–water partition coefficient (Wildman–Crippen LogP) is 1.88. The lowest BCUT2D eigenvalue weighted by molar-refractivity contribution is -0.116. The summed E-state index contributed by atoms with van der Waals surface area (Å²) in [4.78, 5) is 22.9. The molecule has 1 heterocycles. The van der Waals surface area contributed by atoms with Crippen LogP contribution in [-0.4, -0.2) is 33.9 Å². The Balaban J connectivity index is 2.20. The molecule has 0 aliphatic carbocycles. The summed E-state index contributed by atoms with van der Waals surface area (Å²) >= 11 is 5.97. The van der Waals surface area contributed by atoms with Gasteiger partial charge in [-0.2, -0.15) is 5.10 Å². The zero-order chi connectivity index (χ0) is 15.4. The van der Waals surface area contributed by atoms with Crippen molar-refractivity contribution >= 4 is 29.2 Å². The minimum Gasteiger partial charge on any atom is -0.496 e. The molecule has 0 fully saturated rings. The highest BCUT2D eigenvalue weighted by Gasteiger charge is 2.16. The molecule has 2 aromatic rings. The molecule has 0 atom stereocenters. The molecule has 2 N–H and O–H groups in total. The second-order valence-corrected chi connectivity index (χ2v) is 4.50. The molecule has 21 heavy (non-hydrogen) atoms. The van der Waals surface area contributed by atoms with Gasteiger partial charge in [-0.3, -0.25) is 9.48 Å². The molecule has 0 saturated carbocycles. The van der Waals surface area contributed by atoms with Crippen LogP contribution in [0.25, 0.3) is 0 Å². The molecule has 110 valence electrons. The van der Waals surface area contributed by atoms with Crippen molar-refractivity contribution in [2.75, 3.05) is 12.4 Å². The van der Waals surface area contributed by atoms with Crippen LogP contribution in [0.3, 0.4) is 0 Å². The summed E-state index contributed by atoms with van der Waals surface area (Å²) in [7, 11) is 1.34. The van der Waals surface area contributed by atoms with Gasteiger partial charge < -0.3 is 15.2 Å². The maximum Gasteiger partial charge on any atom is 0.339 e. The Morgan fingerprint density at radius 3 is 2.81 bits per heavy atom. The maximum atomic E-state index is 11.9.